The smallest absolute Gasteiger partial charge is 0.240 e. The molecule has 3 rings (SSSR count). The van der Waals surface area contributed by atoms with Gasteiger partial charge in [-0.2, -0.15) is 0 Å². The number of phenolic OH excluding ortho intramolecular Hbond substituents is 1. The Kier molecular flexibility index (Phi) is 10.3. The van der Waals surface area contributed by atoms with Crippen LogP contribution in [0.25, 0.3) is 11.1 Å². The standard InChI is InChI=1S/C28H33N3O3.ClH/c1-19-9-11-22(12-10-19)25-7-4-3-6-23(25)18-27(33)31(26(28(30)34)8-5-17-29)20(2)21-13-15-24(32)16-14-21;/h3-4,6-7,9-16,20,26,32H,5,8,17-18,29H2,1-2H3,(H2,30,34);1H/t20-,26-;/m1./s1. The number of nitrogens with two attached hydrogens (primary N) is 2. The van der Waals surface area contributed by atoms with E-state index >= 15 is 0 Å². The lowest BCUT2D eigenvalue weighted by Gasteiger charge is -2.35. The number of primary amides is 1. The maximum Gasteiger partial charge on any atom is 0.240 e. The van der Waals surface area contributed by atoms with E-state index in [1.807, 2.05) is 62.4 Å². The average molecular weight is 496 g/mol. The molecule has 2 atom stereocenters. The van der Waals surface area contributed by atoms with Gasteiger partial charge in [-0.1, -0.05) is 66.2 Å². The van der Waals surface area contributed by atoms with Crippen LogP contribution in [0, 0.1) is 6.92 Å². The fraction of sp³-hybridized carbons (Fsp3) is 0.286. The summed E-state index contributed by atoms with van der Waals surface area (Å²) in [5.41, 5.74) is 16.3. The molecule has 2 amide bonds. The molecular weight excluding hydrogens is 462 g/mol. The van der Waals surface area contributed by atoms with Gasteiger partial charge >= 0.3 is 0 Å². The number of aryl methyl sites for hydroxylation is 1. The van der Waals surface area contributed by atoms with Gasteiger partial charge in [0.25, 0.3) is 0 Å². The third kappa shape index (κ3) is 7.07. The van der Waals surface area contributed by atoms with Crippen molar-refractivity contribution in [2.24, 2.45) is 11.5 Å². The fourth-order valence-electron chi connectivity index (χ4n) is 4.25. The summed E-state index contributed by atoms with van der Waals surface area (Å²) >= 11 is 0. The molecule has 0 aliphatic carbocycles. The molecule has 0 aliphatic heterocycles. The molecule has 0 bridgehead atoms. The van der Waals surface area contributed by atoms with Crippen molar-refractivity contribution in [3.63, 3.8) is 0 Å². The predicted molar refractivity (Wildman–Crippen MR) is 142 cm³/mol. The number of carbonyl (C=O) groups is 2. The number of nitrogens with zero attached hydrogens (tertiary/aromatic N) is 1. The molecule has 0 unspecified atom stereocenters. The van der Waals surface area contributed by atoms with E-state index < -0.39 is 18.0 Å². The molecule has 7 heteroatoms. The van der Waals surface area contributed by atoms with Gasteiger partial charge in [-0.3, -0.25) is 9.59 Å². The van der Waals surface area contributed by atoms with E-state index in [-0.39, 0.29) is 30.5 Å². The van der Waals surface area contributed by atoms with Gasteiger partial charge < -0.3 is 21.5 Å². The number of amides is 2. The Morgan fingerprint density at radius 1 is 0.971 bits per heavy atom. The highest BCUT2D eigenvalue weighted by Gasteiger charge is 2.32. The van der Waals surface area contributed by atoms with Crippen molar-refractivity contribution in [1.29, 1.82) is 0 Å². The first-order chi connectivity index (χ1) is 16.3. The lowest BCUT2D eigenvalue weighted by Crippen LogP contribution is -2.49. The monoisotopic (exact) mass is 495 g/mol. The highest BCUT2D eigenvalue weighted by Crippen LogP contribution is 2.29. The molecular formula is C28H34ClN3O3. The van der Waals surface area contributed by atoms with Crippen LogP contribution < -0.4 is 11.5 Å². The number of carbonyl (C=O) groups excluding carboxylic acids is 2. The first kappa shape index (κ1) is 27.9. The SMILES string of the molecule is Cc1ccc(-c2ccccc2CC(=O)N([C@H](CCCN)C(N)=O)[C@H](C)c2ccc(O)cc2)cc1.Cl. The molecule has 0 saturated carbocycles. The van der Waals surface area contributed by atoms with Crippen LogP contribution in [0.3, 0.4) is 0 Å². The number of phenols is 1. The Morgan fingerprint density at radius 2 is 1.60 bits per heavy atom. The van der Waals surface area contributed by atoms with Crippen molar-refractivity contribution < 1.29 is 14.7 Å². The summed E-state index contributed by atoms with van der Waals surface area (Å²) in [7, 11) is 0. The fourth-order valence-corrected chi connectivity index (χ4v) is 4.25. The number of aromatic hydroxyl groups is 1. The molecule has 6 nitrogen and oxygen atoms in total. The van der Waals surface area contributed by atoms with Crippen molar-refractivity contribution in [3.05, 3.63) is 89.5 Å². The number of halogens is 1. The van der Waals surface area contributed by atoms with E-state index in [9.17, 15) is 14.7 Å². The van der Waals surface area contributed by atoms with Gasteiger partial charge in [0.2, 0.25) is 11.8 Å². The molecule has 0 radical (unpaired) electrons. The number of hydrogen-bond donors (Lipinski definition) is 3. The van der Waals surface area contributed by atoms with E-state index in [2.05, 4.69) is 0 Å². The lowest BCUT2D eigenvalue weighted by molar-refractivity contribution is -0.141. The second kappa shape index (κ2) is 12.9. The minimum Gasteiger partial charge on any atom is -0.508 e. The van der Waals surface area contributed by atoms with Crippen LogP contribution in [0.4, 0.5) is 0 Å². The van der Waals surface area contributed by atoms with E-state index in [1.165, 1.54) is 0 Å². The van der Waals surface area contributed by atoms with Gasteiger partial charge in [0.05, 0.1) is 12.5 Å². The molecule has 3 aromatic carbocycles. The van der Waals surface area contributed by atoms with Gasteiger partial charge in [0.15, 0.2) is 0 Å². The van der Waals surface area contributed by atoms with Crippen molar-refractivity contribution in [1.82, 2.24) is 4.90 Å². The third-order valence-electron chi connectivity index (χ3n) is 6.15. The van der Waals surface area contributed by atoms with Gasteiger partial charge in [-0.05, 0) is 67.6 Å². The van der Waals surface area contributed by atoms with Crippen molar-refractivity contribution in [3.8, 4) is 16.9 Å². The largest absolute Gasteiger partial charge is 0.508 e. The number of hydrogen-bond acceptors (Lipinski definition) is 4. The van der Waals surface area contributed by atoms with E-state index in [1.54, 1.807) is 29.2 Å². The molecule has 35 heavy (non-hydrogen) atoms. The summed E-state index contributed by atoms with van der Waals surface area (Å²) in [6.45, 7) is 4.30. The molecule has 0 spiro atoms. The summed E-state index contributed by atoms with van der Waals surface area (Å²) in [6, 6.07) is 21.4. The minimum atomic E-state index is -0.786. The molecule has 0 heterocycles. The van der Waals surface area contributed by atoms with Crippen molar-refractivity contribution in [2.75, 3.05) is 6.54 Å². The summed E-state index contributed by atoms with van der Waals surface area (Å²) in [5.74, 6) is -0.615. The van der Waals surface area contributed by atoms with Crippen molar-refractivity contribution in [2.45, 2.75) is 45.2 Å². The summed E-state index contributed by atoms with van der Waals surface area (Å²) in [4.78, 5) is 27.8. The van der Waals surface area contributed by atoms with Crippen LogP contribution in [-0.2, 0) is 16.0 Å². The second-order valence-electron chi connectivity index (χ2n) is 8.62. The lowest BCUT2D eigenvalue weighted by atomic mass is 9.95. The highest BCUT2D eigenvalue weighted by molar-refractivity contribution is 5.89. The molecule has 5 N–H and O–H groups in total. The summed E-state index contributed by atoms with van der Waals surface area (Å²) in [5, 5.41) is 9.68. The van der Waals surface area contributed by atoms with Crippen molar-refractivity contribution >= 4 is 24.2 Å². The van der Waals surface area contributed by atoms with Gasteiger partial charge in [0.1, 0.15) is 11.8 Å². The molecule has 0 fully saturated rings. The van der Waals surface area contributed by atoms with Crippen LogP contribution >= 0.6 is 12.4 Å². The minimum absolute atomic E-state index is 0. The van der Waals surface area contributed by atoms with Crippen LogP contribution in [0.2, 0.25) is 0 Å². The summed E-state index contributed by atoms with van der Waals surface area (Å²) in [6.07, 6.45) is 1.08. The Morgan fingerprint density at radius 3 is 2.20 bits per heavy atom. The topological polar surface area (TPSA) is 110 Å². The number of benzene rings is 3. The maximum atomic E-state index is 13.8. The van der Waals surface area contributed by atoms with Crippen LogP contribution in [-0.4, -0.2) is 34.4 Å². The Labute approximate surface area is 213 Å². The highest BCUT2D eigenvalue weighted by atomic mass is 35.5. The predicted octanol–water partition coefficient (Wildman–Crippen LogP) is 4.51. The van der Waals surface area contributed by atoms with Gasteiger partial charge in [-0.15, -0.1) is 12.4 Å². The van der Waals surface area contributed by atoms with Crippen LogP contribution in [0.1, 0.15) is 42.5 Å². The quantitative estimate of drug-likeness (QED) is 0.384. The Hall–Kier alpha value is -3.35. The van der Waals surface area contributed by atoms with E-state index in [4.69, 9.17) is 11.5 Å². The molecule has 0 aromatic heterocycles. The zero-order valence-electron chi connectivity index (χ0n) is 20.2. The van der Waals surface area contributed by atoms with Crippen LogP contribution in [0.5, 0.6) is 5.75 Å². The zero-order chi connectivity index (χ0) is 24.7. The molecule has 186 valence electrons. The first-order valence-electron chi connectivity index (χ1n) is 11.6. The van der Waals surface area contributed by atoms with Crippen LogP contribution in [0.15, 0.2) is 72.8 Å². The number of rotatable bonds is 10. The van der Waals surface area contributed by atoms with E-state index in [0.717, 1.165) is 27.8 Å². The van der Waals surface area contributed by atoms with Gasteiger partial charge in [0, 0.05) is 0 Å². The second-order valence-corrected chi connectivity index (χ2v) is 8.62. The van der Waals surface area contributed by atoms with E-state index in [0.29, 0.717) is 19.4 Å². The molecule has 0 saturated heterocycles. The third-order valence-corrected chi connectivity index (χ3v) is 6.15. The average Bonchev–Trinajstić information content (AvgIpc) is 2.82. The normalized spacial score (nSPS) is 12.3. The first-order valence-corrected chi connectivity index (χ1v) is 11.6. The molecule has 3 aromatic rings. The summed E-state index contributed by atoms with van der Waals surface area (Å²) < 4.78 is 0. The zero-order valence-corrected chi connectivity index (χ0v) is 21.0. The molecule has 0 aliphatic rings. The van der Waals surface area contributed by atoms with Gasteiger partial charge in [-0.25, -0.2) is 0 Å². The maximum absolute atomic E-state index is 13.8. The Balaban J connectivity index is 0.00000432. The Bertz CT molecular complexity index is 1120.